The molecule has 4 heteroatoms. The maximum atomic E-state index is 4.91. The molecule has 1 fully saturated rings. The summed E-state index contributed by atoms with van der Waals surface area (Å²) >= 11 is 0. The number of pyridine rings is 1. The molecule has 0 bridgehead atoms. The minimum absolute atomic E-state index is 0.0157. The Morgan fingerprint density at radius 2 is 1.90 bits per heavy atom. The quantitative estimate of drug-likeness (QED) is 0.800. The van der Waals surface area contributed by atoms with Gasteiger partial charge in [0.2, 0.25) is 0 Å². The SMILES string of the molecule is CN1CCC(c2nc3cccnc3n2C(C)(C)C)CC1. The Morgan fingerprint density at radius 3 is 2.55 bits per heavy atom. The summed E-state index contributed by atoms with van der Waals surface area (Å²) in [6, 6.07) is 4.05. The molecule has 0 radical (unpaired) electrons. The fourth-order valence-corrected chi connectivity index (χ4v) is 3.13. The van der Waals surface area contributed by atoms with E-state index in [4.69, 9.17) is 4.98 Å². The lowest BCUT2D eigenvalue weighted by Gasteiger charge is -2.32. The summed E-state index contributed by atoms with van der Waals surface area (Å²) in [6.07, 6.45) is 4.25. The van der Waals surface area contributed by atoms with Crippen molar-refractivity contribution in [3.63, 3.8) is 0 Å². The number of hydrogen-bond donors (Lipinski definition) is 0. The van der Waals surface area contributed by atoms with Gasteiger partial charge in [0.15, 0.2) is 5.65 Å². The van der Waals surface area contributed by atoms with Gasteiger partial charge in [-0.3, -0.25) is 0 Å². The van der Waals surface area contributed by atoms with E-state index >= 15 is 0 Å². The first-order chi connectivity index (χ1) is 9.47. The Balaban J connectivity index is 2.10. The highest BCUT2D eigenvalue weighted by molar-refractivity contribution is 5.71. The van der Waals surface area contributed by atoms with Crippen molar-refractivity contribution < 1.29 is 0 Å². The van der Waals surface area contributed by atoms with Crippen LogP contribution in [0.15, 0.2) is 18.3 Å². The van der Waals surface area contributed by atoms with Crippen molar-refractivity contribution in [1.29, 1.82) is 0 Å². The normalized spacial score (nSPS) is 18.8. The van der Waals surface area contributed by atoms with Crippen LogP contribution in [-0.2, 0) is 5.54 Å². The Morgan fingerprint density at radius 1 is 1.20 bits per heavy atom. The standard InChI is InChI=1S/C16H24N4/c1-16(2,3)20-14(12-7-10-19(4)11-8-12)18-13-6-5-9-17-15(13)20/h5-6,9,12H,7-8,10-11H2,1-4H3. The summed E-state index contributed by atoms with van der Waals surface area (Å²) in [7, 11) is 2.20. The highest BCUT2D eigenvalue weighted by Crippen LogP contribution is 2.33. The van der Waals surface area contributed by atoms with Gasteiger partial charge in [0.1, 0.15) is 11.3 Å². The number of piperidine rings is 1. The predicted octanol–water partition coefficient (Wildman–Crippen LogP) is 3.00. The van der Waals surface area contributed by atoms with E-state index in [-0.39, 0.29) is 5.54 Å². The molecule has 3 heterocycles. The second-order valence-electron chi connectivity index (χ2n) is 6.90. The van der Waals surface area contributed by atoms with Gasteiger partial charge in [0.05, 0.1) is 0 Å². The van der Waals surface area contributed by atoms with Gasteiger partial charge in [0.25, 0.3) is 0 Å². The summed E-state index contributed by atoms with van der Waals surface area (Å²) in [4.78, 5) is 11.9. The first kappa shape index (κ1) is 13.6. The van der Waals surface area contributed by atoms with Crippen LogP contribution in [0.3, 0.4) is 0 Å². The van der Waals surface area contributed by atoms with Crippen LogP contribution in [0, 0.1) is 0 Å². The lowest BCUT2D eigenvalue weighted by Crippen LogP contribution is -2.32. The summed E-state index contributed by atoms with van der Waals surface area (Å²) in [6.45, 7) is 9.03. The van der Waals surface area contributed by atoms with E-state index in [0.717, 1.165) is 24.3 Å². The first-order valence-electron chi connectivity index (χ1n) is 7.49. The molecule has 2 aromatic rings. The fourth-order valence-electron chi connectivity index (χ4n) is 3.13. The zero-order valence-corrected chi connectivity index (χ0v) is 12.9. The average molecular weight is 272 g/mol. The van der Waals surface area contributed by atoms with Crippen molar-refractivity contribution in [1.82, 2.24) is 19.4 Å². The number of imidazole rings is 1. The topological polar surface area (TPSA) is 34.0 Å². The van der Waals surface area contributed by atoms with E-state index in [1.807, 2.05) is 12.3 Å². The molecule has 0 unspecified atom stereocenters. The van der Waals surface area contributed by atoms with Crippen LogP contribution in [-0.4, -0.2) is 39.6 Å². The lowest BCUT2D eigenvalue weighted by molar-refractivity contribution is 0.243. The summed E-state index contributed by atoms with van der Waals surface area (Å²) in [5, 5.41) is 0. The van der Waals surface area contributed by atoms with Crippen molar-refractivity contribution in [3.8, 4) is 0 Å². The van der Waals surface area contributed by atoms with Gasteiger partial charge in [-0.05, 0) is 65.9 Å². The highest BCUT2D eigenvalue weighted by Gasteiger charge is 2.28. The van der Waals surface area contributed by atoms with E-state index in [2.05, 4.69) is 48.3 Å². The number of likely N-dealkylation sites (tertiary alicyclic amines) is 1. The Bertz CT molecular complexity index is 600. The second kappa shape index (κ2) is 4.85. The lowest BCUT2D eigenvalue weighted by atomic mass is 9.95. The van der Waals surface area contributed by atoms with Crippen molar-refractivity contribution >= 4 is 11.2 Å². The Labute approximate surface area is 120 Å². The third kappa shape index (κ3) is 2.33. The van der Waals surface area contributed by atoms with Crippen LogP contribution in [0.4, 0.5) is 0 Å². The molecule has 0 amide bonds. The van der Waals surface area contributed by atoms with Crippen LogP contribution in [0.1, 0.15) is 45.4 Å². The van der Waals surface area contributed by atoms with Crippen molar-refractivity contribution in [2.24, 2.45) is 0 Å². The summed E-state index contributed by atoms with van der Waals surface area (Å²) < 4.78 is 2.35. The van der Waals surface area contributed by atoms with E-state index in [1.54, 1.807) is 0 Å². The van der Waals surface area contributed by atoms with Gasteiger partial charge in [-0.15, -0.1) is 0 Å². The predicted molar refractivity (Wildman–Crippen MR) is 82.0 cm³/mol. The van der Waals surface area contributed by atoms with Crippen molar-refractivity contribution in [2.45, 2.75) is 45.1 Å². The van der Waals surface area contributed by atoms with Crippen molar-refractivity contribution in [2.75, 3.05) is 20.1 Å². The molecule has 0 aromatic carbocycles. The molecule has 3 rings (SSSR count). The second-order valence-corrected chi connectivity index (χ2v) is 6.90. The van der Waals surface area contributed by atoms with E-state index in [9.17, 15) is 0 Å². The Kier molecular flexibility index (Phi) is 3.28. The van der Waals surface area contributed by atoms with Crippen LogP contribution < -0.4 is 0 Å². The molecule has 0 N–H and O–H groups in total. The molecule has 0 atom stereocenters. The minimum atomic E-state index is 0.0157. The van der Waals surface area contributed by atoms with Gasteiger partial charge in [-0.1, -0.05) is 0 Å². The molecule has 0 spiro atoms. The zero-order chi connectivity index (χ0) is 14.3. The van der Waals surface area contributed by atoms with Gasteiger partial charge >= 0.3 is 0 Å². The molecule has 1 aliphatic rings. The average Bonchev–Trinajstić information content (AvgIpc) is 2.78. The molecule has 1 saturated heterocycles. The van der Waals surface area contributed by atoms with E-state index < -0.39 is 0 Å². The van der Waals surface area contributed by atoms with Crippen LogP contribution in [0.5, 0.6) is 0 Å². The number of nitrogens with zero attached hydrogens (tertiary/aromatic N) is 4. The van der Waals surface area contributed by atoms with Crippen LogP contribution in [0.25, 0.3) is 11.2 Å². The van der Waals surface area contributed by atoms with Gasteiger partial charge < -0.3 is 9.47 Å². The molecule has 1 aliphatic heterocycles. The van der Waals surface area contributed by atoms with Crippen LogP contribution in [0.2, 0.25) is 0 Å². The zero-order valence-electron chi connectivity index (χ0n) is 12.9. The maximum Gasteiger partial charge on any atom is 0.160 e. The maximum absolute atomic E-state index is 4.91. The minimum Gasteiger partial charge on any atom is -0.307 e. The number of hydrogen-bond acceptors (Lipinski definition) is 3. The van der Waals surface area contributed by atoms with E-state index in [1.165, 1.54) is 18.7 Å². The molecule has 108 valence electrons. The Hall–Kier alpha value is -1.42. The van der Waals surface area contributed by atoms with Gasteiger partial charge in [-0.2, -0.15) is 0 Å². The fraction of sp³-hybridized carbons (Fsp3) is 0.625. The highest BCUT2D eigenvalue weighted by atomic mass is 15.2. The molecule has 20 heavy (non-hydrogen) atoms. The molecule has 2 aromatic heterocycles. The third-order valence-electron chi connectivity index (χ3n) is 4.20. The number of aromatic nitrogens is 3. The molecule has 4 nitrogen and oxygen atoms in total. The molecule has 0 aliphatic carbocycles. The number of rotatable bonds is 1. The van der Waals surface area contributed by atoms with Gasteiger partial charge in [-0.25, -0.2) is 9.97 Å². The summed E-state index contributed by atoms with van der Waals surface area (Å²) in [5.74, 6) is 1.78. The first-order valence-corrected chi connectivity index (χ1v) is 7.49. The smallest absolute Gasteiger partial charge is 0.160 e. The molecular formula is C16H24N4. The monoisotopic (exact) mass is 272 g/mol. The molecule has 0 saturated carbocycles. The third-order valence-corrected chi connectivity index (χ3v) is 4.20. The largest absolute Gasteiger partial charge is 0.307 e. The number of fused-ring (bicyclic) bond motifs is 1. The van der Waals surface area contributed by atoms with Crippen LogP contribution >= 0.6 is 0 Å². The van der Waals surface area contributed by atoms with E-state index in [0.29, 0.717) is 5.92 Å². The molecular weight excluding hydrogens is 248 g/mol. The van der Waals surface area contributed by atoms with Gasteiger partial charge in [0, 0.05) is 17.7 Å². The van der Waals surface area contributed by atoms with Crippen molar-refractivity contribution in [3.05, 3.63) is 24.2 Å². The summed E-state index contributed by atoms with van der Waals surface area (Å²) in [5.41, 5.74) is 2.06.